The van der Waals surface area contributed by atoms with E-state index in [9.17, 15) is 31.4 Å². The van der Waals surface area contributed by atoms with Gasteiger partial charge in [0.1, 0.15) is 5.75 Å². The lowest BCUT2D eigenvalue weighted by molar-refractivity contribution is -0.274. The molecule has 1 aliphatic heterocycles. The fourth-order valence-corrected chi connectivity index (χ4v) is 3.21. The van der Waals surface area contributed by atoms with Crippen LogP contribution in [0.4, 0.5) is 37.7 Å². The molecule has 0 aromatic heterocycles. The van der Waals surface area contributed by atoms with Crippen LogP contribution in [0.5, 0.6) is 5.75 Å². The van der Waals surface area contributed by atoms with Crippen LogP contribution in [-0.2, 0) is 6.54 Å². The minimum Gasteiger partial charge on any atom is -0.406 e. The third-order valence-corrected chi connectivity index (χ3v) is 4.48. The van der Waals surface area contributed by atoms with E-state index >= 15 is 0 Å². The van der Waals surface area contributed by atoms with Crippen molar-refractivity contribution in [2.75, 3.05) is 29.4 Å². The van der Waals surface area contributed by atoms with Crippen LogP contribution in [0.3, 0.4) is 0 Å². The Kier molecular flexibility index (Phi) is 5.83. The lowest BCUT2D eigenvalue weighted by atomic mass is 10.1. The topological polar surface area (TPSA) is 35.9 Å². The molecule has 0 bridgehead atoms. The highest BCUT2D eigenvalue weighted by Gasteiger charge is 2.40. The first kappa shape index (κ1) is 21.1. The number of hydrogen-bond acceptors (Lipinski definition) is 4. The second-order valence-electron chi connectivity index (χ2n) is 6.61. The summed E-state index contributed by atoms with van der Waals surface area (Å²) in [6.45, 7) is 0.222. The van der Waals surface area contributed by atoms with Crippen molar-refractivity contribution >= 4 is 11.4 Å². The van der Waals surface area contributed by atoms with Gasteiger partial charge in [-0.3, -0.25) is 0 Å². The Morgan fingerprint density at radius 3 is 2.14 bits per heavy atom. The predicted molar refractivity (Wildman–Crippen MR) is 94.9 cm³/mol. The largest absolute Gasteiger partial charge is 0.573 e. The number of β-amino-alcohol motifs (C(OH)–C–C–N with tert-alkyl or cyclic N) is 1. The predicted octanol–water partition coefficient (Wildman–Crippen LogP) is 4.34. The van der Waals surface area contributed by atoms with Crippen molar-refractivity contribution < 1.29 is 36.2 Å². The number of rotatable bonds is 5. The number of halogens is 6. The monoisotopic (exact) mass is 420 g/mol. The molecule has 158 valence electrons. The highest BCUT2D eigenvalue weighted by molar-refractivity contribution is 5.73. The summed E-state index contributed by atoms with van der Waals surface area (Å²) in [6, 6.07) is 12.3. The molecule has 0 radical (unpaired) electrons. The Labute approximate surface area is 162 Å². The van der Waals surface area contributed by atoms with Crippen LogP contribution in [-0.4, -0.2) is 43.4 Å². The molecule has 4 nitrogen and oxygen atoms in total. The van der Waals surface area contributed by atoms with Crippen molar-refractivity contribution in [1.82, 2.24) is 0 Å². The average molecular weight is 420 g/mol. The maximum absolute atomic E-state index is 12.7. The molecular weight excluding hydrogens is 402 g/mol. The third kappa shape index (κ3) is 5.47. The average Bonchev–Trinajstić information content (AvgIpc) is 2.62. The molecule has 10 heteroatoms. The molecule has 1 heterocycles. The van der Waals surface area contributed by atoms with E-state index in [1.807, 2.05) is 4.90 Å². The van der Waals surface area contributed by atoms with Gasteiger partial charge in [0.15, 0.2) is 6.10 Å². The Hall–Kier alpha value is -2.62. The maximum Gasteiger partial charge on any atom is 0.573 e. The van der Waals surface area contributed by atoms with Crippen molar-refractivity contribution in [3.63, 3.8) is 0 Å². The Bertz CT molecular complexity index is 840. The number of fused-ring (bicyclic) bond motifs is 1. The molecule has 0 fully saturated rings. The highest BCUT2D eigenvalue weighted by Crippen LogP contribution is 2.35. The van der Waals surface area contributed by atoms with Crippen LogP contribution in [0.2, 0.25) is 0 Å². The van der Waals surface area contributed by atoms with Crippen molar-refractivity contribution in [2.24, 2.45) is 0 Å². The molecule has 0 amide bonds. The normalized spacial score (nSPS) is 15.8. The van der Waals surface area contributed by atoms with E-state index in [-0.39, 0.29) is 18.8 Å². The van der Waals surface area contributed by atoms with Crippen molar-refractivity contribution in [3.05, 3.63) is 54.1 Å². The van der Waals surface area contributed by atoms with Gasteiger partial charge in [0, 0.05) is 19.6 Å². The van der Waals surface area contributed by atoms with Crippen LogP contribution in [0.1, 0.15) is 5.56 Å². The van der Waals surface area contributed by atoms with Crippen LogP contribution in [0.15, 0.2) is 48.5 Å². The van der Waals surface area contributed by atoms with Gasteiger partial charge in [-0.15, -0.1) is 13.2 Å². The van der Waals surface area contributed by atoms with E-state index in [4.69, 9.17) is 0 Å². The second-order valence-corrected chi connectivity index (χ2v) is 6.61. The van der Waals surface area contributed by atoms with E-state index in [1.165, 1.54) is 23.1 Å². The van der Waals surface area contributed by atoms with E-state index in [0.29, 0.717) is 23.5 Å². The summed E-state index contributed by atoms with van der Waals surface area (Å²) in [5.41, 5.74) is 1.71. The summed E-state index contributed by atoms with van der Waals surface area (Å²) >= 11 is 0. The van der Waals surface area contributed by atoms with Crippen molar-refractivity contribution in [3.8, 4) is 5.75 Å². The van der Waals surface area contributed by atoms with Gasteiger partial charge in [0.05, 0.1) is 17.9 Å². The van der Waals surface area contributed by atoms with Crippen molar-refractivity contribution in [2.45, 2.75) is 25.2 Å². The number of hydrogen-bond donors (Lipinski definition) is 1. The zero-order chi connectivity index (χ0) is 21.2. The summed E-state index contributed by atoms with van der Waals surface area (Å²) in [6.07, 6.45) is -12.0. The van der Waals surface area contributed by atoms with E-state index < -0.39 is 25.2 Å². The molecule has 2 aromatic carbocycles. The summed E-state index contributed by atoms with van der Waals surface area (Å²) in [5, 5.41) is 9.40. The molecule has 0 saturated carbocycles. The molecule has 0 spiro atoms. The molecule has 0 saturated heterocycles. The number of alkyl halides is 6. The smallest absolute Gasteiger partial charge is 0.406 e. The number of ether oxygens (including phenoxy) is 1. The van der Waals surface area contributed by atoms with Gasteiger partial charge >= 0.3 is 12.5 Å². The highest BCUT2D eigenvalue weighted by atomic mass is 19.4. The first-order valence-corrected chi connectivity index (χ1v) is 8.71. The summed E-state index contributed by atoms with van der Waals surface area (Å²) < 4.78 is 79.4. The number of nitrogens with zero attached hydrogens (tertiary/aromatic N) is 2. The zero-order valence-corrected chi connectivity index (χ0v) is 15.0. The van der Waals surface area contributed by atoms with E-state index in [2.05, 4.69) is 4.74 Å². The van der Waals surface area contributed by atoms with Gasteiger partial charge < -0.3 is 19.6 Å². The molecule has 2 aromatic rings. The van der Waals surface area contributed by atoms with E-state index in [0.717, 1.165) is 0 Å². The number of anilines is 2. The molecule has 1 unspecified atom stereocenters. The molecule has 3 rings (SSSR count). The first-order valence-electron chi connectivity index (χ1n) is 8.71. The minimum absolute atomic E-state index is 0.225. The Morgan fingerprint density at radius 1 is 0.897 bits per heavy atom. The first-order chi connectivity index (χ1) is 13.5. The Balaban J connectivity index is 1.78. The number of aliphatic hydroxyl groups is 1. The lowest BCUT2D eigenvalue weighted by Crippen LogP contribution is -2.47. The summed E-state index contributed by atoms with van der Waals surface area (Å²) in [7, 11) is 0. The van der Waals surface area contributed by atoms with E-state index in [1.54, 1.807) is 30.3 Å². The second kappa shape index (κ2) is 8.02. The quantitative estimate of drug-likeness (QED) is 0.731. The van der Waals surface area contributed by atoms with Gasteiger partial charge in [0.25, 0.3) is 0 Å². The number of benzene rings is 2. The minimum atomic E-state index is -4.80. The molecule has 1 aliphatic rings. The lowest BCUT2D eigenvalue weighted by Gasteiger charge is -2.40. The standard InChI is InChI=1S/C19H18F6N2O2/c20-18(21,22)17(28)12-27-9-8-26(15-6-1-2-7-16(15)27)11-13-4-3-5-14(10-13)29-19(23,24)25/h1-7,10,17,28H,8-9,11-12H2. The fraction of sp³-hybridized carbons (Fsp3) is 0.368. The van der Waals surface area contributed by atoms with Crippen LogP contribution < -0.4 is 14.5 Å². The van der Waals surface area contributed by atoms with Gasteiger partial charge in [-0.25, -0.2) is 0 Å². The van der Waals surface area contributed by atoms with Crippen LogP contribution in [0, 0.1) is 0 Å². The molecule has 0 aliphatic carbocycles. The van der Waals surface area contributed by atoms with Crippen LogP contribution in [0.25, 0.3) is 0 Å². The molecule has 1 atom stereocenters. The van der Waals surface area contributed by atoms with Gasteiger partial charge in [-0.05, 0) is 29.8 Å². The van der Waals surface area contributed by atoms with Gasteiger partial charge in [-0.2, -0.15) is 13.2 Å². The molecule has 1 N–H and O–H groups in total. The van der Waals surface area contributed by atoms with Gasteiger partial charge in [-0.1, -0.05) is 24.3 Å². The fourth-order valence-electron chi connectivity index (χ4n) is 3.21. The molecule has 29 heavy (non-hydrogen) atoms. The molecular formula is C19H18F6N2O2. The van der Waals surface area contributed by atoms with Gasteiger partial charge in [0.2, 0.25) is 0 Å². The van der Waals surface area contributed by atoms with Crippen molar-refractivity contribution in [1.29, 1.82) is 0 Å². The number of aliphatic hydroxyl groups excluding tert-OH is 1. The number of para-hydroxylation sites is 2. The Morgan fingerprint density at radius 2 is 1.52 bits per heavy atom. The maximum atomic E-state index is 12.7. The zero-order valence-electron chi connectivity index (χ0n) is 15.0. The summed E-state index contributed by atoms with van der Waals surface area (Å²) in [5.74, 6) is -0.338. The third-order valence-electron chi connectivity index (χ3n) is 4.48. The SMILES string of the molecule is OC(CN1CCN(Cc2cccc(OC(F)(F)F)c2)c2ccccc21)C(F)(F)F. The summed E-state index contributed by atoms with van der Waals surface area (Å²) in [4.78, 5) is 3.31. The van der Waals surface area contributed by atoms with Crippen LogP contribution >= 0.6 is 0 Å².